The van der Waals surface area contributed by atoms with Gasteiger partial charge in [0.15, 0.2) is 9.84 Å². The highest BCUT2D eigenvalue weighted by Gasteiger charge is 2.73. The fraction of sp³-hybridized carbons (Fsp3) is 0.588. The first-order valence-electron chi connectivity index (χ1n) is 16.4. The SMILES string of the molecule is COC(=O)C1CCC(C(=O)N2CCC(c3ccc(C(F)(C(F)(F)F)C(F)(F)F)cc3)(S(=O)(=O)c3cccc(B4OC(C)(C)C(C)(C)O4)c3)C2)CC1. The molecule has 17 heteroatoms. The van der Waals surface area contributed by atoms with Crippen LogP contribution in [0.1, 0.15) is 70.9 Å². The van der Waals surface area contributed by atoms with E-state index in [0.29, 0.717) is 31.1 Å². The third-order valence-electron chi connectivity index (χ3n) is 11.0. The van der Waals surface area contributed by atoms with E-state index < -0.39 is 80.8 Å². The lowest BCUT2D eigenvalue weighted by Gasteiger charge is -2.33. The van der Waals surface area contributed by atoms with Crippen molar-refractivity contribution in [2.24, 2.45) is 11.8 Å². The predicted octanol–water partition coefficient (Wildman–Crippen LogP) is 6.16. The van der Waals surface area contributed by atoms with Crippen molar-refractivity contribution in [2.75, 3.05) is 20.2 Å². The Morgan fingerprint density at radius 2 is 1.37 bits per heavy atom. The zero-order valence-corrected chi connectivity index (χ0v) is 29.5. The van der Waals surface area contributed by atoms with Gasteiger partial charge >= 0.3 is 31.1 Å². The van der Waals surface area contributed by atoms with Crippen LogP contribution in [-0.4, -0.2) is 76.1 Å². The summed E-state index contributed by atoms with van der Waals surface area (Å²) in [4.78, 5) is 26.8. The molecule has 51 heavy (non-hydrogen) atoms. The molecule has 3 aliphatic rings. The Morgan fingerprint density at radius 3 is 1.88 bits per heavy atom. The fourth-order valence-corrected chi connectivity index (χ4v) is 9.24. The van der Waals surface area contributed by atoms with Crippen LogP contribution < -0.4 is 5.46 Å². The van der Waals surface area contributed by atoms with Gasteiger partial charge in [-0.1, -0.05) is 36.4 Å². The maximum atomic E-state index is 14.9. The average Bonchev–Trinajstić information content (AvgIpc) is 3.62. The lowest BCUT2D eigenvalue weighted by Crippen LogP contribution is -2.50. The normalized spacial score (nSPS) is 25.6. The molecule has 0 N–H and O–H groups in total. The number of ether oxygens (including phenoxy) is 1. The molecule has 2 heterocycles. The summed E-state index contributed by atoms with van der Waals surface area (Å²) in [6.45, 7) is 6.64. The number of methoxy groups -OCH3 is 1. The van der Waals surface area contributed by atoms with Crippen molar-refractivity contribution in [3.8, 4) is 0 Å². The molecule has 2 aromatic carbocycles. The molecular formula is C34H39BF7NO7S. The van der Waals surface area contributed by atoms with Gasteiger partial charge in [0.1, 0.15) is 4.75 Å². The summed E-state index contributed by atoms with van der Waals surface area (Å²) in [5.41, 5.74) is -8.90. The number of amides is 1. The second-order valence-electron chi connectivity index (χ2n) is 14.5. The third kappa shape index (κ3) is 6.55. The first-order valence-corrected chi connectivity index (χ1v) is 17.9. The Morgan fingerprint density at radius 1 is 0.843 bits per heavy atom. The van der Waals surface area contributed by atoms with Crippen molar-refractivity contribution in [1.29, 1.82) is 0 Å². The molecule has 1 atom stereocenters. The third-order valence-corrected chi connectivity index (χ3v) is 13.4. The maximum Gasteiger partial charge on any atom is 0.494 e. The molecular weight excluding hydrogens is 710 g/mol. The Hall–Kier alpha value is -3.18. The van der Waals surface area contributed by atoms with Crippen molar-refractivity contribution in [3.05, 3.63) is 59.7 Å². The smallest absolute Gasteiger partial charge is 0.469 e. The van der Waals surface area contributed by atoms with Gasteiger partial charge in [-0.25, -0.2) is 12.8 Å². The quantitative estimate of drug-likeness (QED) is 0.190. The van der Waals surface area contributed by atoms with Gasteiger partial charge in [0.2, 0.25) is 5.91 Å². The van der Waals surface area contributed by atoms with Gasteiger partial charge in [0.25, 0.3) is 0 Å². The van der Waals surface area contributed by atoms with Gasteiger partial charge in [-0.15, -0.1) is 0 Å². The molecule has 0 aromatic heterocycles. The number of rotatable bonds is 7. The van der Waals surface area contributed by atoms with Crippen LogP contribution in [0.25, 0.3) is 0 Å². The number of carbonyl (C=O) groups excluding carboxylic acids is 2. The number of benzene rings is 2. The number of nitrogens with zero attached hydrogens (tertiary/aromatic N) is 1. The molecule has 2 aliphatic heterocycles. The molecule has 5 rings (SSSR count). The van der Waals surface area contributed by atoms with Crippen molar-refractivity contribution in [1.82, 2.24) is 4.90 Å². The molecule has 0 radical (unpaired) electrons. The van der Waals surface area contributed by atoms with E-state index in [1.54, 1.807) is 6.07 Å². The van der Waals surface area contributed by atoms with Gasteiger partial charge in [-0.05, 0) is 83.0 Å². The van der Waals surface area contributed by atoms with Crippen LogP contribution in [0.15, 0.2) is 53.4 Å². The van der Waals surface area contributed by atoms with Crippen LogP contribution in [0.5, 0.6) is 0 Å². The molecule has 1 amide bonds. The van der Waals surface area contributed by atoms with Gasteiger partial charge in [-0.3, -0.25) is 9.59 Å². The highest BCUT2D eigenvalue weighted by atomic mass is 32.2. The fourth-order valence-electron chi connectivity index (χ4n) is 7.11. The summed E-state index contributed by atoms with van der Waals surface area (Å²) in [6.07, 6.45) is -11.6. The van der Waals surface area contributed by atoms with E-state index in [-0.39, 0.29) is 41.5 Å². The summed E-state index contributed by atoms with van der Waals surface area (Å²) in [5, 5.41) is 0. The number of likely N-dealkylation sites (tertiary alicyclic amines) is 1. The standard InChI is InChI=1S/C34H39BF7NO7S/c1-29(2)30(3,4)50-35(49-29)25-7-6-8-26(19-25)51(46,47)31(23-13-15-24(16-14-23)32(36,33(37,38)39)34(40,41)42)17-18-43(20-31)27(44)21-9-11-22(12-10-21)28(45)48-5/h6-8,13-16,19,21-22H,9-12,17-18,20H2,1-5H3. The highest BCUT2D eigenvalue weighted by molar-refractivity contribution is 7.92. The minimum absolute atomic E-state index is 0.105. The van der Waals surface area contributed by atoms with Gasteiger partial charge < -0.3 is 18.9 Å². The topological polar surface area (TPSA) is 99.2 Å². The van der Waals surface area contributed by atoms with E-state index in [2.05, 4.69) is 0 Å². The number of halogens is 7. The molecule has 1 unspecified atom stereocenters. The average molecular weight is 750 g/mol. The minimum atomic E-state index is -6.37. The number of alkyl halides is 7. The molecule has 0 bridgehead atoms. The van der Waals surface area contributed by atoms with Gasteiger partial charge in [0.05, 0.1) is 29.1 Å². The van der Waals surface area contributed by atoms with E-state index in [9.17, 15) is 48.7 Å². The summed E-state index contributed by atoms with van der Waals surface area (Å²) in [7, 11) is -4.30. The summed E-state index contributed by atoms with van der Waals surface area (Å²) in [5.74, 6) is -1.73. The number of sulfone groups is 1. The van der Waals surface area contributed by atoms with Gasteiger partial charge in [0, 0.05) is 24.6 Å². The summed E-state index contributed by atoms with van der Waals surface area (Å²) in [6, 6.07) is 7.71. The Kier molecular flexibility index (Phi) is 9.99. The summed E-state index contributed by atoms with van der Waals surface area (Å²) < 4.78 is 141. The molecule has 8 nitrogen and oxygen atoms in total. The molecule has 0 spiro atoms. The second-order valence-corrected chi connectivity index (χ2v) is 16.7. The largest absolute Gasteiger partial charge is 0.494 e. The van der Waals surface area contributed by atoms with Crippen molar-refractivity contribution in [2.45, 2.75) is 98.7 Å². The lowest BCUT2D eigenvalue weighted by molar-refractivity contribution is -0.348. The van der Waals surface area contributed by atoms with E-state index in [1.807, 2.05) is 27.7 Å². The first-order chi connectivity index (χ1) is 23.4. The Bertz CT molecular complexity index is 1730. The maximum absolute atomic E-state index is 14.9. The predicted molar refractivity (Wildman–Crippen MR) is 171 cm³/mol. The Balaban J connectivity index is 1.55. The molecule has 1 aliphatic carbocycles. The molecule has 2 aromatic rings. The monoisotopic (exact) mass is 749 g/mol. The molecule has 2 saturated heterocycles. The van der Waals surface area contributed by atoms with E-state index in [4.69, 9.17) is 14.0 Å². The van der Waals surface area contributed by atoms with Crippen LogP contribution in [0.2, 0.25) is 0 Å². The van der Waals surface area contributed by atoms with Crippen LogP contribution in [0.3, 0.4) is 0 Å². The van der Waals surface area contributed by atoms with Crippen LogP contribution >= 0.6 is 0 Å². The van der Waals surface area contributed by atoms with Crippen molar-refractivity contribution >= 4 is 34.3 Å². The number of hydrogen-bond acceptors (Lipinski definition) is 7. The lowest BCUT2D eigenvalue weighted by atomic mass is 9.79. The van der Waals surface area contributed by atoms with Crippen LogP contribution in [-0.2, 0) is 43.9 Å². The zero-order valence-electron chi connectivity index (χ0n) is 28.7. The van der Waals surface area contributed by atoms with Gasteiger partial charge in [-0.2, -0.15) is 26.3 Å². The minimum Gasteiger partial charge on any atom is -0.469 e. The molecule has 280 valence electrons. The van der Waals surface area contributed by atoms with E-state index >= 15 is 0 Å². The van der Waals surface area contributed by atoms with E-state index in [1.165, 1.54) is 30.2 Å². The highest BCUT2D eigenvalue weighted by Crippen LogP contribution is 2.54. The van der Waals surface area contributed by atoms with Crippen LogP contribution in [0.4, 0.5) is 30.7 Å². The molecule has 1 saturated carbocycles. The second kappa shape index (κ2) is 13.0. The zero-order chi connectivity index (χ0) is 38.0. The number of hydrogen-bond donors (Lipinski definition) is 0. The van der Waals surface area contributed by atoms with Crippen molar-refractivity contribution < 1.29 is 62.8 Å². The molecule has 3 fully saturated rings. The number of esters is 1. The Labute approximate surface area is 292 Å². The summed E-state index contributed by atoms with van der Waals surface area (Å²) >= 11 is 0. The first kappa shape index (κ1) is 39.0. The van der Waals surface area contributed by atoms with Crippen molar-refractivity contribution in [3.63, 3.8) is 0 Å². The van der Waals surface area contributed by atoms with E-state index in [0.717, 1.165) is 12.1 Å². The van der Waals surface area contributed by atoms with Crippen LogP contribution in [0, 0.1) is 11.8 Å². The number of carbonyl (C=O) groups is 2.